The molecule has 0 aliphatic carbocycles. The van der Waals surface area contributed by atoms with Crippen LogP contribution >= 0.6 is 11.8 Å². The number of aryl methyl sites for hydroxylation is 1. The minimum Gasteiger partial charge on any atom is -0.494 e. The molecule has 2 rings (SSSR count). The maximum Gasteiger partial charge on any atom is 0.224 e. The Morgan fingerprint density at radius 3 is 2.73 bits per heavy atom. The molecule has 1 aromatic rings. The molecule has 1 aliphatic rings. The molecule has 6 heteroatoms. The van der Waals surface area contributed by atoms with Gasteiger partial charge in [0.1, 0.15) is 5.76 Å². The summed E-state index contributed by atoms with van der Waals surface area (Å²) in [5.41, 5.74) is 3.67. The van der Waals surface area contributed by atoms with Gasteiger partial charge < -0.3 is 14.9 Å². The third-order valence-corrected chi connectivity index (χ3v) is 6.21. The first-order valence-corrected chi connectivity index (χ1v) is 12.0. The van der Waals surface area contributed by atoms with Crippen LogP contribution in [0.1, 0.15) is 37.8 Å². The van der Waals surface area contributed by atoms with Crippen LogP contribution in [0.4, 0.5) is 0 Å². The molecule has 1 aromatic carbocycles. The molecule has 5 nitrogen and oxygen atoms in total. The van der Waals surface area contributed by atoms with Crippen LogP contribution in [0.15, 0.2) is 75.9 Å². The number of hydrogen-bond acceptors (Lipinski definition) is 6. The van der Waals surface area contributed by atoms with E-state index in [2.05, 4.69) is 11.6 Å². The largest absolute Gasteiger partial charge is 0.494 e. The number of aliphatic imine (C=N–C) groups is 1. The molecule has 0 unspecified atom stereocenters. The van der Waals surface area contributed by atoms with E-state index in [4.69, 9.17) is 14.9 Å². The molecule has 1 saturated heterocycles. The molecule has 1 fully saturated rings. The summed E-state index contributed by atoms with van der Waals surface area (Å²) in [4.78, 5) is 17.5. The monoisotopic (exact) mass is 466 g/mol. The number of carbonyl (C=O) groups is 1. The predicted octanol–water partition coefficient (Wildman–Crippen LogP) is 6.09. The van der Waals surface area contributed by atoms with Gasteiger partial charge in [-0.25, -0.2) is 0 Å². The van der Waals surface area contributed by atoms with Gasteiger partial charge in [-0.15, -0.1) is 0 Å². The quantitative estimate of drug-likeness (QED) is 0.149. The lowest BCUT2D eigenvalue weighted by Crippen LogP contribution is -2.20. The average molecular weight is 467 g/mol. The second-order valence-corrected chi connectivity index (χ2v) is 8.70. The Balaban J connectivity index is 2.33. The molecule has 0 radical (unpaired) electrons. The van der Waals surface area contributed by atoms with Gasteiger partial charge >= 0.3 is 0 Å². The Bertz CT molecular complexity index is 983. The number of nitrogens with one attached hydrogen (secondary N) is 1. The van der Waals surface area contributed by atoms with Gasteiger partial charge in [0.15, 0.2) is 0 Å². The van der Waals surface area contributed by atoms with E-state index in [0.717, 1.165) is 46.2 Å². The Labute approximate surface area is 201 Å². The summed E-state index contributed by atoms with van der Waals surface area (Å²) in [5.74, 6) is 0.873. The van der Waals surface area contributed by atoms with Gasteiger partial charge in [-0.05, 0) is 86.7 Å². The van der Waals surface area contributed by atoms with Crippen LogP contribution in [0.3, 0.4) is 0 Å². The smallest absolute Gasteiger partial charge is 0.224 e. The van der Waals surface area contributed by atoms with Gasteiger partial charge in [-0.2, -0.15) is 0 Å². The average Bonchev–Trinajstić information content (AvgIpc) is 2.81. The highest BCUT2D eigenvalue weighted by Crippen LogP contribution is 2.30. The topological polar surface area (TPSA) is 71.7 Å². The number of hydrogen-bond donors (Lipinski definition) is 1. The van der Waals surface area contributed by atoms with Crippen molar-refractivity contribution in [3.63, 3.8) is 0 Å². The summed E-state index contributed by atoms with van der Waals surface area (Å²) in [6.07, 6.45) is 10.6. The molecule has 0 spiro atoms. The minimum absolute atomic E-state index is 0.0718. The Kier molecular flexibility index (Phi) is 11.1. The summed E-state index contributed by atoms with van der Waals surface area (Å²) >= 11 is 1.15. The van der Waals surface area contributed by atoms with Crippen molar-refractivity contribution in [1.82, 2.24) is 0 Å². The van der Waals surface area contributed by atoms with E-state index >= 15 is 0 Å². The molecule has 0 atom stereocenters. The predicted molar refractivity (Wildman–Crippen MR) is 139 cm³/mol. The highest BCUT2D eigenvalue weighted by atomic mass is 32.2. The van der Waals surface area contributed by atoms with Crippen LogP contribution in [0.5, 0.6) is 0 Å². The van der Waals surface area contributed by atoms with Gasteiger partial charge in [0, 0.05) is 42.5 Å². The van der Waals surface area contributed by atoms with Gasteiger partial charge in [-0.3, -0.25) is 9.79 Å². The maximum atomic E-state index is 12.8. The van der Waals surface area contributed by atoms with E-state index in [1.165, 1.54) is 0 Å². The number of rotatable bonds is 10. The van der Waals surface area contributed by atoms with Crippen molar-refractivity contribution in [3.8, 4) is 0 Å². The lowest BCUT2D eigenvalue weighted by atomic mass is 9.88. The third-order valence-electron chi connectivity index (χ3n) is 5.30. The molecule has 0 bridgehead atoms. The zero-order valence-electron chi connectivity index (χ0n) is 20.0. The van der Waals surface area contributed by atoms with Crippen LogP contribution in [0.25, 0.3) is 0 Å². The summed E-state index contributed by atoms with van der Waals surface area (Å²) < 4.78 is 11.2. The Morgan fingerprint density at radius 2 is 2.09 bits per heavy atom. The van der Waals surface area contributed by atoms with Gasteiger partial charge in [0.05, 0.1) is 12.3 Å². The molecular formula is C27H34N2O3S. The lowest BCUT2D eigenvalue weighted by Gasteiger charge is -2.26. The summed E-state index contributed by atoms with van der Waals surface area (Å²) in [5, 5.41) is 8.76. The molecule has 1 N–H and O–H groups in total. The molecule has 0 amide bonds. The molecule has 0 saturated carbocycles. The molecule has 1 heterocycles. The highest BCUT2D eigenvalue weighted by molar-refractivity contribution is 8.14. The number of nitrogens with zero attached hydrogens (tertiary/aromatic N) is 1. The third kappa shape index (κ3) is 7.98. The van der Waals surface area contributed by atoms with Crippen molar-refractivity contribution in [2.24, 2.45) is 10.9 Å². The Morgan fingerprint density at radius 1 is 1.36 bits per heavy atom. The first-order chi connectivity index (χ1) is 15.9. The van der Waals surface area contributed by atoms with Crippen molar-refractivity contribution in [2.75, 3.05) is 26.9 Å². The first-order valence-electron chi connectivity index (χ1n) is 11.2. The molecular weight excluding hydrogens is 432 g/mol. The van der Waals surface area contributed by atoms with Crippen LogP contribution in [-0.2, 0) is 14.3 Å². The minimum atomic E-state index is -0.0718. The Hall–Kier alpha value is -2.70. The number of allylic oxidation sites excluding steroid dienone is 5. The van der Waals surface area contributed by atoms with Crippen LogP contribution < -0.4 is 0 Å². The van der Waals surface area contributed by atoms with E-state index < -0.39 is 0 Å². The molecule has 33 heavy (non-hydrogen) atoms. The standard InChI is InChI=1S/C27H34N2O3S/c1-6-8-22(11-14-29-5)27(30)33-23-10-9-19(3)24(17-23)26(28)18-25(20(4)32-7-2)21-12-15-31-16-13-21/h6,8-11,14,17-18,21,28H,4,7,12-13,15-16H2,1-3,5H3/b8-6+,22-11+,25-18+,28-26?,29-14-. The van der Waals surface area contributed by atoms with E-state index in [1.807, 2.05) is 51.1 Å². The van der Waals surface area contributed by atoms with Crippen molar-refractivity contribution >= 4 is 28.8 Å². The van der Waals surface area contributed by atoms with E-state index in [1.54, 1.807) is 25.4 Å². The summed E-state index contributed by atoms with van der Waals surface area (Å²) in [7, 11) is 1.67. The molecule has 1 aliphatic heterocycles. The van der Waals surface area contributed by atoms with Crippen LogP contribution in [0, 0.1) is 18.3 Å². The number of carbonyl (C=O) groups excluding carboxylic acids is 1. The van der Waals surface area contributed by atoms with Crippen molar-refractivity contribution in [1.29, 1.82) is 5.41 Å². The summed E-state index contributed by atoms with van der Waals surface area (Å²) in [6, 6.07) is 5.77. The SMILES string of the molecule is C=C(OCC)/C(=C\C(=N)c1cc(SC(=O)C(/C=C/C)=C/C=N\C)ccc1C)C1CCOCC1. The van der Waals surface area contributed by atoms with Crippen molar-refractivity contribution < 1.29 is 14.3 Å². The normalized spacial score (nSPS) is 15.9. The van der Waals surface area contributed by atoms with Crippen molar-refractivity contribution in [3.05, 3.63) is 77.1 Å². The van der Waals surface area contributed by atoms with Gasteiger partial charge in [0.25, 0.3) is 0 Å². The van der Waals surface area contributed by atoms with Crippen LogP contribution in [-0.4, -0.2) is 43.9 Å². The van der Waals surface area contributed by atoms with Crippen LogP contribution in [0.2, 0.25) is 0 Å². The zero-order valence-corrected chi connectivity index (χ0v) is 20.8. The van der Waals surface area contributed by atoms with Gasteiger partial charge in [0.2, 0.25) is 5.12 Å². The first kappa shape index (κ1) is 26.6. The number of thioether (sulfide) groups is 1. The summed E-state index contributed by atoms with van der Waals surface area (Å²) in [6.45, 7) is 11.8. The fraction of sp³-hybridized carbons (Fsp3) is 0.370. The second-order valence-electron chi connectivity index (χ2n) is 7.65. The highest BCUT2D eigenvalue weighted by Gasteiger charge is 2.22. The lowest BCUT2D eigenvalue weighted by molar-refractivity contribution is -0.107. The fourth-order valence-electron chi connectivity index (χ4n) is 3.57. The molecule has 0 aromatic heterocycles. The number of benzene rings is 1. The van der Waals surface area contributed by atoms with E-state index in [9.17, 15) is 4.79 Å². The maximum absolute atomic E-state index is 12.8. The van der Waals surface area contributed by atoms with Gasteiger partial charge in [-0.1, -0.05) is 24.8 Å². The van der Waals surface area contributed by atoms with E-state index in [0.29, 0.717) is 36.9 Å². The van der Waals surface area contributed by atoms with E-state index in [-0.39, 0.29) is 11.0 Å². The van der Waals surface area contributed by atoms with Crippen molar-refractivity contribution in [2.45, 2.75) is 38.5 Å². The zero-order chi connectivity index (χ0) is 24.2. The second kappa shape index (κ2) is 13.8. The number of ether oxygens (including phenoxy) is 2. The molecule has 176 valence electrons. The fourth-order valence-corrected chi connectivity index (χ4v) is 4.35.